The fourth-order valence-electron chi connectivity index (χ4n) is 2.53. The Bertz CT molecular complexity index is 387. The predicted octanol–water partition coefficient (Wildman–Crippen LogP) is 5.17. The number of hydrogen-bond donors (Lipinski definition) is 0. The van der Waals surface area contributed by atoms with E-state index in [1.165, 1.54) is 55.2 Å². The molecule has 0 unspecified atom stereocenters. The SMILES string of the molecule is CCCC[C]1C=Cc2c(CCCC)cccc21. The molecule has 0 saturated carbocycles. The lowest BCUT2D eigenvalue weighted by molar-refractivity contribution is 0.762. The number of aryl methyl sites for hydroxylation is 1. The van der Waals surface area contributed by atoms with Crippen molar-refractivity contribution in [1.82, 2.24) is 0 Å². The first-order chi connectivity index (χ1) is 8.36. The normalized spacial score (nSPS) is 14.2. The minimum absolute atomic E-state index is 1.23. The molecule has 1 aromatic carbocycles. The second kappa shape index (κ2) is 6.05. The average molecular weight is 227 g/mol. The molecule has 0 heterocycles. The van der Waals surface area contributed by atoms with Gasteiger partial charge < -0.3 is 0 Å². The van der Waals surface area contributed by atoms with Crippen LogP contribution in [0.15, 0.2) is 24.3 Å². The van der Waals surface area contributed by atoms with Crippen molar-refractivity contribution in [1.29, 1.82) is 0 Å². The van der Waals surface area contributed by atoms with E-state index in [4.69, 9.17) is 0 Å². The van der Waals surface area contributed by atoms with Gasteiger partial charge in [0.1, 0.15) is 0 Å². The Morgan fingerprint density at radius 2 is 1.65 bits per heavy atom. The van der Waals surface area contributed by atoms with Crippen LogP contribution in [0.3, 0.4) is 0 Å². The third-order valence-electron chi connectivity index (χ3n) is 3.59. The molecule has 1 radical (unpaired) electrons. The van der Waals surface area contributed by atoms with Gasteiger partial charge in [-0.2, -0.15) is 0 Å². The first-order valence-corrected chi connectivity index (χ1v) is 7.03. The Balaban J connectivity index is 2.14. The van der Waals surface area contributed by atoms with E-state index in [2.05, 4.69) is 44.2 Å². The van der Waals surface area contributed by atoms with Gasteiger partial charge in [-0.3, -0.25) is 0 Å². The minimum Gasteiger partial charge on any atom is -0.0721 e. The van der Waals surface area contributed by atoms with E-state index in [1.807, 2.05) is 0 Å². The Kier molecular flexibility index (Phi) is 4.42. The van der Waals surface area contributed by atoms with Crippen molar-refractivity contribution < 1.29 is 0 Å². The Morgan fingerprint density at radius 3 is 2.41 bits per heavy atom. The summed E-state index contributed by atoms with van der Waals surface area (Å²) in [6.07, 6.45) is 12.3. The molecule has 0 N–H and O–H groups in total. The lowest BCUT2D eigenvalue weighted by Gasteiger charge is -2.12. The minimum atomic E-state index is 1.23. The van der Waals surface area contributed by atoms with Crippen LogP contribution in [0.5, 0.6) is 0 Å². The van der Waals surface area contributed by atoms with E-state index >= 15 is 0 Å². The van der Waals surface area contributed by atoms with Gasteiger partial charge in [0.25, 0.3) is 0 Å². The van der Waals surface area contributed by atoms with Gasteiger partial charge in [-0.15, -0.1) is 0 Å². The zero-order valence-electron chi connectivity index (χ0n) is 11.1. The summed E-state index contributed by atoms with van der Waals surface area (Å²) in [7, 11) is 0. The van der Waals surface area contributed by atoms with Crippen molar-refractivity contribution in [2.24, 2.45) is 0 Å². The second-order valence-electron chi connectivity index (χ2n) is 4.94. The van der Waals surface area contributed by atoms with Gasteiger partial charge >= 0.3 is 0 Å². The van der Waals surface area contributed by atoms with Crippen molar-refractivity contribution in [3.8, 4) is 0 Å². The topological polar surface area (TPSA) is 0 Å². The van der Waals surface area contributed by atoms with E-state index in [-0.39, 0.29) is 0 Å². The van der Waals surface area contributed by atoms with Gasteiger partial charge in [0, 0.05) is 5.92 Å². The van der Waals surface area contributed by atoms with Gasteiger partial charge in [-0.25, -0.2) is 0 Å². The molecule has 0 aliphatic heterocycles. The molecular weight excluding hydrogens is 204 g/mol. The van der Waals surface area contributed by atoms with Crippen LogP contribution >= 0.6 is 0 Å². The van der Waals surface area contributed by atoms with Gasteiger partial charge in [0.2, 0.25) is 0 Å². The van der Waals surface area contributed by atoms with E-state index in [0.717, 1.165) is 0 Å². The molecule has 0 heteroatoms. The van der Waals surface area contributed by atoms with Crippen LogP contribution in [0.2, 0.25) is 0 Å². The molecule has 0 saturated heterocycles. The van der Waals surface area contributed by atoms with Crippen LogP contribution in [0, 0.1) is 5.92 Å². The standard InChI is InChI=1S/C17H23/c1-3-5-8-14-10-7-11-16-15(9-6-4-2)12-13-17(14)16/h7,10-13H,3-6,8-9H2,1-2H3. The zero-order valence-corrected chi connectivity index (χ0v) is 11.1. The van der Waals surface area contributed by atoms with Crippen LogP contribution in [-0.4, -0.2) is 0 Å². The van der Waals surface area contributed by atoms with Crippen LogP contribution in [0.25, 0.3) is 6.08 Å². The maximum Gasteiger partial charge on any atom is 0.0273 e. The molecule has 1 aromatic rings. The molecule has 0 spiro atoms. The summed E-state index contributed by atoms with van der Waals surface area (Å²) < 4.78 is 0. The Labute approximate surface area is 106 Å². The summed E-state index contributed by atoms with van der Waals surface area (Å²) in [5.41, 5.74) is 4.52. The summed E-state index contributed by atoms with van der Waals surface area (Å²) in [4.78, 5) is 0. The van der Waals surface area contributed by atoms with Crippen LogP contribution in [0.1, 0.15) is 62.6 Å². The number of unbranched alkanes of at least 4 members (excludes halogenated alkanes) is 2. The summed E-state index contributed by atoms with van der Waals surface area (Å²) in [6, 6.07) is 6.81. The number of hydrogen-bond acceptors (Lipinski definition) is 0. The first kappa shape index (κ1) is 12.4. The molecule has 1 aliphatic rings. The van der Waals surface area contributed by atoms with E-state index in [9.17, 15) is 0 Å². The fraction of sp³-hybridized carbons (Fsp3) is 0.471. The fourth-order valence-corrected chi connectivity index (χ4v) is 2.53. The summed E-state index contributed by atoms with van der Waals surface area (Å²) >= 11 is 0. The van der Waals surface area contributed by atoms with Gasteiger partial charge in [0.15, 0.2) is 0 Å². The molecule has 2 rings (SSSR count). The molecular formula is C17H23. The summed E-state index contributed by atoms with van der Waals surface area (Å²) in [5.74, 6) is 1.54. The number of rotatable bonds is 6. The lowest BCUT2D eigenvalue weighted by atomic mass is 9.92. The van der Waals surface area contributed by atoms with Gasteiger partial charge in [0.05, 0.1) is 0 Å². The summed E-state index contributed by atoms with van der Waals surface area (Å²) in [5, 5.41) is 0. The number of allylic oxidation sites excluding steroid dienone is 1. The van der Waals surface area contributed by atoms with Crippen molar-refractivity contribution in [2.45, 2.75) is 52.4 Å². The second-order valence-corrected chi connectivity index (χ2v) is 4.94. The maximum absolute atomic E-state index is 2.33. The monoisotopic (exact) mass is 227 g/mol. The van der Waals surface area contributed by atoms with Crippen LogP contribution in [0.4, 0.5) is 0 Å². The highest BCUT2D eigenvalue weighted by molar-refractivity contribution is 5.71. The molecule has 91 valence electrons. The van der Waals surface area contributed by atoms with Crippen molar-refractivity contribution in [3.05, 3.63) is 46.9 Å². The van der Waals surface area contributed by atoms with Crippen LogP contribution < -0.4 is 0 Å². The number of fused-ring (bicyclic) bond motifs is 1. The smallest absolute Gasteiger partial charge is 0.0273 e. The molecule has 0 aromatic heterocycles. The highest BCUT2D eigenvalue weighted by Crippen LogP contribution is 2.35. The van der Waals surface area contributed by atoms with E-state index < -0.39 is 0 Å². The molecule has 0 bridgehead atoms. The Morgan fingerprint density at radius 1 is 0.882 bits per heavy atom. The van der Waals surface area contributed by atoms with Crippen LogP contribution in [-0.2, 0) is 6.42 Å². The van der Waals surface area contributed by atoms with E-state index in [1.54, 1.807) is 5.92 Å². The van der Waals surface area contributed by atoms with Crippen molar-refractivity contribution >= 4 is 6.08 Å². The lowest BCUT2D eigenvalue weighted by Crippen LogP contribution is -1.97. The molecule has 1 aliphatic carbocycles. The Hall–Kier alpha value is -1.04. The van der Waals surface area contributed by atoms with Gasteiger partial charge in [-0.05, 0) is 36.0 Å². The first-order valence-electron chi connectivity index (χ1n) is 7.03. The average Bonchev–Trinajstić information content (AvgIpc) is 2.77. The number of benzene rings is 1. The highest BCUT2D eigenvalue weighted by Gasteiger charge is 2.19. The van der Waals surface area contributed by atoms with Crippen molar-refractivity contribution in [2.75, 3.05) is 0 Å². The quantitative estimate of drug-likeness (QED) is 0.629. The molecule has 0 nitrogen and oxygen atoms in total. The maximum atomic E-state index is 2.33. The van der Waals surface area contributed by atoms with E-state index in [0.29, 0.717) is 0 Å². The zero-order chi connectivity index (χ0) is 12.1. The van der Waals surface area contributed by atoms with Crippen molar-refractivity contribution in [3.63, 3.8) is 0 Å². The largest absolute Gasteiger partial charge is 0.0721 e. The third-order valence-corrected chi connectivity index (χ3v) is 3.59. The molecule has 0 atom stereocenters. The van der Waals surface area contributed by atoms with Gasteiger partial charge in [-0.1, -0.05) is 63.5 Å². The summed E-state index contributed by atoms with van der Waals surface area (Å²) in [6.45, 7) is 4.52. The molecule has 0 fully saturated rings. The predicted molar refractivity (Wildman–Crippen MR) is 76.0 cm³/mol. The molecule has 0 amide bonds. The molecule has 17 heavy (non-hydrogen) atoms. The third kappa shape index (κ3) is 2.80. The highest BCUT2D eigenvalue weighted by atomic mass is 14.2.